The third-order valence-corrected chi connectivity index (χ3v) is 3.93. The number of halogens is 2. The summed E-state index contributed by atoms with van der Waals surface area (Å²) in [6, 6.07) is 9.78. The average molecular weight is 320 g/mol. The van der Waals surface area contributed by atoms with Gasteiger partial charge in [-0.2, -0.15) is 0 Å². The number of nitrogens with one attached hydrogen (secondary N) is 1. The van der Waals surface area contributed by atoms with Crippen LogP contribution in [0.4, 0.5) is 0 Å². The molecule has 0 radical (unpaired) electrons. The van der Waals surface area contributed by atoms with Crippen molar-refractivity contribution in [2.75, 3.05) is 13.1 Å². The second-order valence-electron chi connectivity index (χ2n) is 4.58. The third kappa shape index (κ3) is 3.95. The molecule has 1 saturated heterocycles. The van der Waals surface area contributed by atoms with Gasteiger partial charge in [-0.05, 0) is 31.5 Å². The summed E-state index contributed by atoms with van der Waals surface area (Å²) in [7, 11) is 0. The molecule has 1 fully saturated rings. The number of piperazine rings is 1. The molecule has 0 aromatic heterocycles. The van der Waals surface area contributed by atoms with E-state index in [9.17, 15) is 0 Å². The van der Waals surface area contributed by atoms with Gasteiger partial charge in [-0.25, -0.2) is 0 Å². The van der Waals surface area contributed by atoms with E-state index < -0.39 is 0 Å². The summed E-state index contributed by atoms with van der Waals surface area (Å²) in [5.41, 5.74) is 1.38. The van der Waals surface area contributed by atoms with Crippen LogP contribution in [-0.2, 0) is 6.54 Å². The van der Waals surface area contributed by atoms with Crippen molar-refractivity contribution in [1.29, 1.82) is 0 Å². The maximum Gasteiger partial charge on any atom is 0.0238 e. The van der Waals surface area contributed by atoms with E-state index in [2.05, 4.69) is 64.3 Å². The van der Waals surface area contributed by atoms with E-state index >= 15 is 0 Å². The van der Waals surface area contributed by atoms with Gasteiger partial charge in [0, 0.05) is 36.2 Å². The van der Waals surface area contributed by atoms with Gasteiger partial charge in [0.05, 0.1) is 0 Å². The lowest BCUT2D eigenvalue weighted by molar-refractivity contribution is 0.131. The first-order valence-electron chi connectivity index (χ1n) is 5.88. The Balaban J connectivity index is 0.00000144. The summed E-state index contributed by atoms with van der Waals surface area (Å²) in [4.78, 5) is 2.54. The van der Waals surface area contributed by atoms with Crippen molar-refractivity contribution in [3.8, 4) is 0 Å². The van der Waals surface area contributed by atoms with Crippen LogP contribution in [0, 0.1) is 0 Å². The van der Waals surface area contributed by atoms with Gasteiger partial charge in [-0.1, -0.05) is 28.1 Å². The second-order valence-corrected chi connectivity index (χ2v) is 5.50. The Kier molecular flexibility index (Phi) is 5.93. The summed E-state index contributed by atoms with van der Waals surface area (Å²) in [6.45, 7) is 7.84. The molecule has 2 rings (SSSR count). The van der Waals surface area contributed by atoms with Gasteiger partial charge in [-0.15, -0.1) is 12.4 Å². The van der Waals surface area contributed by atoms with Crippen LogP contribution in [0.2, 0.25) is 0 Å². The first kappa shape index (κ1) is 15.0. The Bertz CT molecular complexity index is 359. The zero-order chi connectivity index (χ0) is 11.5. The van der Waals surface area contributed by atoms with E-state index in [1.807, 2.05) is 0 Å². The SMILES string of the molecule is CC1NCCN(Cc2cccc(Br)c2)C1C.Cl. The van der Waals surface area contributed by atoms with Gasteiger partial charge in [0.1, 0.15) is 0 Å². The van der Waals surface area contributed by atoms with Crippen LogP contribution in [0.3, 0.4) is 0 Å². The molecule has 1 aromatic rings. The highest BCUT2D eigenvalue weighted by atomic mass is 79.9. The summed E-state index contributed by atoms with van der Waals surface area (Å²) in [5.74, 6) is 0. The van der Waals surface area contributed by atoms with Gasteiger partial charge in [0.25, 0.3) is 0 Å². The minimum atomic E-state index is 0. The fraction of sp³-hybridized carbons (Fsp3) is 0.538. The standard InChI is InChI=1S/C13H19BrN2.ClH/c1-10-11(2)16(7-6-15-10)9-12-4-3-5-13(14)8-12;/h3-5,8,10-11,15H,6-7,9H2,1-2H3;1H. The number of rotatable bonds is 2. The lowest BCUT2D eigenvalue weighted by Gasteiger charge is -2.38. The van der Waals surface area contributed by atoms with Crippen molar-refractivity contribution in [2.45, 2.75) is 32.5 Å². The molecule has 2 unspecified atom stereocenters. The normalized spacial score (nSPS) is 25.4. The molecule has 1 N–H and O–H groups in total. The van der Waals surface area contributed by atoms with Crippen molar-refractivity contribution in [2.24, 2.45) is 0 Å². The molecule has 2 atom stereocenters. The molecule has 0 aliphatic carbocycles. The molecular formula is C13H20BrClN2. The molecule has 4 heteroatoms. The highest BCUT2D eigenvalue weighted by Gasteiger charge is 2.23. The maximum atomic E-state index is 3.52. The van der Waals surface area contributed by atoms with E-state index in [0.29, 0.717) is 12.1 Å². The molecule has 0 saturated carbocycles. The van der Waals surface area contributed by atoms with Gasteiger partial charge < -0.3 is 5.32 Å². The topological polar surface area (TPSA) is 15.3 Å². The van der Waals surface area contributed by atoms with Gasteiger partial charge >= 0.3 is 0 Å². The Morgan fingerprint density at radius 3 is 2.88 bits per heavy atom. The van der Waals surface area contributed by atoms with Crippen LogP contribution in [-0.4, -0.2) is 30.1 Å². The van der Waals surface area contributed by atoms with Crippen molar-refractivity contribution in [3.05, 3.63) is 34.3 Å². The lowest BCUT2D eigenvalue weighted by Crippen LogP contribution is -2.54. The lowest BCUT2D eigenvalue weighted by atomic mass is 10.1. The summed E-state index contributed by atoms with van der Waals surface area (Å²) >= 11 is 3.52. The van der Waals surface area contributed by atoms with Crippen LogP contribution in [0.1, 0.15) is 19.4 Å². The highest BCUT2D eigenvalue weighted by molar-refractivity contribution is 9.10. The van der Waals surface area contributed by atoms with Crippen molar-refractivity contribution < 1.29 is 0 Å². The Labute approximate surface area is 118 Å². The van der Waals surface area contributed by atoms with E-state index in [0.717, 1.165) is 19.6 Å². The molecule has 1 aromatic carbocycles. The molecule has 96 valence electrons. The van der Waals surface area contributed by atoms with Crippen molar-refractivity contribution >= 4 is 28.3 Å². The zero-order valence-corrected chi connectivity index (χ0v) is 12.7. The largest absolute Gasteiger partial charge is 0.311 e. The van der Waals surface area contributed by atoms with Crippen LogP contribution in [0.15, 0.2) is 28.7 Å². The third-order valence-electron chi connectivity index (χ3n) is 3.44. The Hall–Kier alpha value is -0.0900. The van der Waals surface area contributed by atoms with Gasteiger partial charge in [0.2, 0.25) is 0 Å². The molecule has 1 aliphatic heterocycles. The molecule has 2 nitrogen and oxygen atoms in total. The quantitative estimate of drug-likeness (QED) is 0.901. The number of nitrogens with zero attached hydrogens (tertiary/aromatic N) is 1. The number of hydrogen-bond donors (Lipinski definition) is 1. The molecule has 0 bridgehead atoms. The number of hydrogen-bond acceptors (Lipinski definition) is 2. The molecule has 17 heavy (non-hydrogen) atoms. The van der Waals surface area contributed by atoms with Crippen molar-refractivity contribution in [1.82, 2.24) is 10.2 Å². The molecule has 1 aliphatic rings. The predicted octanol–water partition coefficient (Wildman–Crippen LogP) is 3.05. The number of benzene rings is 1. The zero-order valence-electron chi connectivity index (χ0n) is 10.3. The summed E-state index contributed by atoms with van der Waals surface area (Å²) in [6.07, 6.45) is 0. The molecule has 1 heterocycles. The smallest absolute Gasteiger partial charge is 0.0238 e. The molecule has 0 amide bonds. The monoisotopic (exact) mass is 318 g/mol. The molecular weight excluding hydrogens is 300 g/mol. The maximum absolute atomic E-state index is 3.52. The van der Waals surface area contributed by atoms with E-state index in [4.69, 9.17) is 0 Å². The van der Waals surface area contributed by atoms with Gasteiger partial charge in [-0.3, -0.25) is 4.90 Å². The van der Waals surface area contributed by atoms with E-state index in [-0.39, 0.29) is 12.4 Å². The van der Waals surface area contributed by atoms with Crippen LogP contribution >= 0.6 is 28.3 Å². The fourth-order valence-electron chi connectivity index (χ4n) is 2.22. The first-order chi connectivity index (χ1) is 7.66. The Morgan fingerprint density at radius 2 is 2.18 bits per heavy atom. The highest BCUT2D eigenvalue weighted by Crippen LogP contribution is 2.16. The van der Waals surface area contributed by atoms with Gasteiger partial charge in [0.15, 0.2) is 0 Å². The second kappa shape index (κ2) is 6.74. The van der Waals surface area contributed by atoms with Crippen LogP contribution < -0.4 is 5.32 Å². The van der Waals surface area contributed by atoms with E-state index in [1.165, 1.54) is 10.0 Å². The van der Waals surface area contributed by atoms with E-state index in [1.54, 1.807) is 0 Å². The molecule has 0 spiro atoms. The van der Waals surface area contributed by atoms with Crippen molar-refractivity contribution in [3.63, 3.8) is 0 Å². The predicted molar refractivity (Wildman–Crippen MR) is 78.7 cm³/mol. The average Bonchev–Trinajstić information content (AvgIpc) is 2.25. The minimum absolute atomic E-state index is 0. The Morgan fingerprint density at radius 1 is 1.41 bits per heavy atom. The van der Waals surface area contributed by atoms with Crippen LogP contribution in [0.5, 0.6) is 0 Å². The summed E-state index contributed by atoms with van der Waals surface area (Å²) < 4.78 is 1.17. The first-order valence-corrected chi connectivity index (χ1v) is 6.68. The minimum Gasteiger partial charge on any atom is -0.311 e. The fourth-order valence-corrected chi connectivity index (χ4v) is 2.67. The summed E-state index contributed by atoms with van der Waals surface area (Å²) in [5, 5.41) is 3.51. The van der Waals surface area contributed by atoms with Crippen LogP contribution in [0.25, 0.3) is 0 Å².